The average molecular weight is 263 g/mol. The highest BCUT2D eigenvalue weighted by atomic mass is 79.9. The maximum Gasteiger partial charge on any atom is 0.0477 e. The number of hydrogen-bond donors (Lipinski definition) is 0. The molecule has 0 aliphatic rings. The Kier molecular flexibility index (Phi) is 4.23. The highest BCUT2D eigenvalue weighted by Gasteiger charge is 2.12. The molecule has 1 nitrogen and oxygen atoms in total. The Labute approximate surface area is 92.8 Å². The van der Waals surface area contributed by atoms with E-state index in [0.29, 0.717) is 11.9 Å². The molecule has 0 N–H and O–H groups in total. The van der Waals surface area contributed by atoms with Crippen LogP contribution in [0.2, 0.25) is 0 Å². The Morgan fingerprint density at radius 1 is 1.46 bits per heavy atom. The van der Waals surface area contributed by atoms with Crippen molar-refractivity contribution in [1.82, 2.24) is 4.90 Å². The SMILES string of the molecule is CN(C)C(CCl)c1cccc(Br)c1. The van der Waals surface area contributed by atoms with E-state index in [2.05, 4.69) is 33.0 Å². The van der Waals surface area contributed by atoms with Crippen LogP contribution in [0.1, 0.15) is 11.6 Å². The fourth-order valence-electron chi connectivity index (χ4n) is 1.24. The lowest BCUT2D eigenvalue weighted by Crippen LogP contribution is -2.21. The Bertz CT molecular complexity index is 275. The van der Waals surface area contributed by atoms with Gasteiger partial charge in [-0.05, 0) is 31.8 Å². The molecule has 0 heterocycles. The third-order valence-corrected chi connectivity index (χ3v) is 2.79. The van der Waals surface area contributed by atoms with E-state index in [1.54, 1.807) is 0 Å². The van der Waals surface area contributed by atoms with Crippen LogP contribution in [0.15, 0.2) is 28.7 Å². The summed E-state index contributed by atoms with van der Waals surface area (Å²) in [6.45, 7) is 0. The van der Waals surface area contributed by atoms with Gasteiger partial charge >= 0.3 is 0 Å². The summed E-state index contributed by atoms with van der Waals surface area (Å²) in [4.78, 5) is 2.12. The summed E-state index contributed by atoms with van der Waals surface area (Å²) in [6.07, 6.45) is 0. The molecule has 1 unspecified atom stereocenters. The van der Waals surface area contributed by atoms with E-state index in [1.165, 1.54) is 5.56 Å². The Balaban J connectivity index is 2.91. The van der Waals surface area contributed by atoms with Crippen LogP contribution in [0.25, 0.3) is 0 Å². The molecule has 1 aromatic rings. The second-order valence-corrected chi connectivity index (χ2v) is 4.41. The van der Waals surface area contributed by atoms with Crippen LogP contribution in [0, 0.1) is 0 Å². The van der Waals surface area contributed by atoms with Crippen molar-refractivity contribution in [2.24, 2.45) is 0 Å². The molecule has 0 spiro atoms. The normalized spacial score (nSPS) is 13.3. The summed E-state index contributed by atoms with van der Waals surface area (Å²) < 4.78 is 1.10. The average Bonchev–Trinajstić information content (AvgIpc) is 2.04. The molecule has 72 valence electrons. The molecule has 0 amide bonds. The van der Waals surface area contributed by atoms with Crippen molar-refractivity contribution in [1.29, 1.82) is 0 Å². The molecule has 0 bridgehead atoms. The van der Waals surface area contributed by atoms with Crippen LogP contribution in [0.3, 0.4) is 0 Å². The van der Waals surface area contributed by atoms with E-state index in [-0.39, 0.29) is 0 Å². The third-order valence-electron chi connectivity index (χ3n) is 2.00. The first kappa shape index (κ1) is 11.0. The molecule has 13 heavy (non-hydrogen) atoms. The zero-order chi connectivity index (χ0) is 9.84. The summed E-state index contributed by atoms with van der Waals surface area (Å²) >= 11 is 9.34. The molecule has 1 aromatic carbocycles. The van der Waals surface area contributed by atoms with Crippen molar-refractivity contribution in [3.63, 3.8) is 0 Å². The summed E-state index contributed by atoms with van der Waals surface area (Å²) in [6, 6.07) is 8.54. The lowest BCUT2D eigenvalue weighted by molar-refractivity contribution is 0.324. The van der Waals surface area contributed by atoms with Crippen molar-refractivity contribution in [2.45, 2.75) is 6.04 Å². The molecule has 0 saturated carbocycles. The minimum Gasteiger partial charge on any atom is -0.301 e. The minimum absolute atomic E-state index is 0.291. The van der Waals surface area contributed by atoms with Crippen molar-refractivity contribution in [3.8, 4) is 0 Å². The van der Waals surface area contributed by atoms with Gasteiger partial charge in [0, 0.05) is 16.4 Å². The van der Waals surface area contributed by atoms with E-state index < -0.39 is 0 Å². The molecule has 1 atom stereocenters. The molecule has 0 radical (unpaired) electrons. The van der Waals surface area contributed by atoms with Crippen LogP contribution in [0.4, 0.5) is 0 Å². The van der Waals surface area contributed by atoms with Gasteiger partial charge in [-0.2, -0.15) is 0 Å². The van der Waals surface area contributed by atoms with Gasteiger partial charge in [-0.3, -0.25) is 0 Å². The maximum atomic E-state index is 5.89. The summed E-state index contributed by atoms with van der Waals surface area (Å²) in [7, 11) is 4.07. The van der Waals surface area contributed by atoms with E-state index in [0.717, 1.165) is 4.47 Å². The van der Waals surface area contributed by atoms with Crippen LogP contribution in [-0.4, -0.2) is 24.9 Å². The van der Waals surface area contributed by atoms with Crippen LogP contribution in [-0.2, 0) is 0 Å². The topological polar surface area (TPSA) is 3.24 Å². The molecule has 1 rings (SSSR count). The Morgan fingerprint density at radius 2 is 2.15 bits per heavy atom. The van der Waals surface area contributed by atoms with E-state index in [9.17, 15) is 0 Å². The monoisotopic (exact) mass is 261 g/mol. The van der Waals surface area contributed by atoms with Gasteiger partial charge in [0.1, 0.15) is 0 Å². The number of hydrogen-bond acceptors (Lipinski definition) is 1. The number of halogens is 2. The molecule has 0 saturated heterocycles. The maximum absolute atomic E-state index is 5.89. The van der Waals surface area contributed by atoms with Crippen LogP contribution < -0.4 is 0 Å². The van der Waals surface area contributed by atoms with Gasteiger partial charge in [0.15, 0.2) is 0 Å². The highest BCUT2D eigenvalue weighted by molar-refractivity contribution is 9.10. The zero-order valence-electron chi connectivity index (χ0n) is 7.80. The van der Waals surface area contributed by atoms with Gasteiger partial charge in [0.25, 0.3) is 0 Å². The standard InChI is InChI=1S/C10H13BrClN/c1-13(2)10(7-12)8-4-3-5-9(11)6-8/h3-6,10H,7H2,1-2H3. The first-order valence-corrected chi connectivity index (χ1v) is 5.45. The molecule has 0 aliphatic heterocycles. The second kappa shape index (κ2) is 4.99. The molecular formula is C10H13BrClN. The summed E-state index contributed by atoms with van der Waals surface area (Å²) in [5.74, 6) is 0.615. The van der Waals surface area contributed by atoms with Gasteiger partial charge in [0.05, 0.1) is 0 Å². The number of nitrogens with zero attached hydrogens (tertiary/aromatic N) is 1. The first-order chi connectivity index (χ1) is 6.15. The molecule has 0 fully saturated rings. The number of rotatable bonds is 3. The van der Waals surface area contributed by atoms with E-state index >= 15 is 0 Å². The molecule has 0 aromatic heterocycles. The number of benzene rings is 1. The van der Waals surface area contributed by atoms with Crippen molar-refractivity contribution < 1.29 is 0 Å². The lowest BCUT2D eigenvalue weighted by atomic mass is 10.1. The smallest absolute Gasteiger partial charge is 0.0477 e. The first-order valence-electron chi connectivity index (χ1n) is 4.13. The van der Waals surface area contributed by atoms with E-state index in [1.807, 2.05) is 26.2 Å². The predicted octanol–water partition coefficient (Wildman–Crippen LogP) is 3.29. The summed E-state index contributed by atoms with van der Waals surface area (Å²) in [5.41, 5.74) is 1.24. The van der Waals surface area contributed by atoms with Gasteiger partial charge in [-0.25, -0.2) is 0 Å². The minimum atomic E-state index is 0.291. The van der Waals surface area contributed by atoms with Crippen molar-refractivity contribution in [2.75, 3.05) is 20.0 Å². The highest BCUT2D eigenvalue weighted by Crippen LogP contribution is 2.22. The van der Waals surface area contributed by atoms with Gasteiger partial charge in [-0.15, -0.1) is 11.6 Å². The molecular weight excluding hydrogens is 249 g/mol. The van der Waals surface area contributed by atoms with Crippen molar-refractivity contribution >= 4 is 27.5 Å². The number of alkyl halides is 1. The van der Waals surface area contributed by atoms with Crippen LogP contribution in [0.5, 0.6) is 0 Å². The predicted molar refractivity (Wildman–Crippen MR) is 61.3 cm³/mol. The molecule has 3 heteroatoms. The van der Waals surface area contributed by atoms with E-state index in [4.69, 9.17) is 11.6 Å². The Morgan fingerprint density at radius 3 is 2.62 bits per heavy atom. The van der Waals surface area contributed by atoms with Crippen LogP contribution >= 0.6 is 27.5 Å². The van der Waals surface area contributed by atoms with Crippen molar-refractivity contribution in [3.05, 3.63) is 34.3 Å². The zero-order valence-corrected chi connectivity index (χ0v) is 10.1. The largest absolute Gasteiger partial charge is 0.301 e. The van der Waals surface area contributed by atoms with Gasteiger partial charge in [0.2, 0.25) is 0 Å². The Hall–Kier alpha value is -0.0500. The van der Waals surface area contributed by atoms with Gasteiger partial charge < -0.3 is 4.90 Å². The fraction of sp³-hybridized carbons (Fsp3) is 0.400. The lowest BCUT2D eigenvalue weighted by Gasteiger charge is -2.22. The molecule has 0 aliphatic carbocycles. The second-order valence-electron chi connectivity index (χ2n) is 3.19. The fourth-order valence-corrected chi connectivity index (χ4v) is 2.11. The summed E-state index contributed by atoms with van der Waals surface area (Å²) in [5, 5.41) is 0. The van der Waals surface area contributed by atoms with Gasteiger partial charge in [-0.1, -0.05) is 28.1 Å². The third kappa shape index (κ3) is 2.97. The quantitative estimate of drug-likeness (QED) is 0.756.